The maximum atomic E-state index is 13.8. The highest BCUT2D eigenvalue weighted by atomic mass is 19.1. The molecule has 1 aliphatic heterocycles. The van der Waals surface area contributed by atoms with Crippen LogP contribution in [-0.4, -0.2) is 37.3 Å². The maximum absolute atomic E-state index is 13.8. The molecule has 0 radical (unpaired) electrons. The number of aryl methyl sites for hydroxylation is 1. The fourth-order valence-corrected chi connectivity index (χ4v) is 4.30. The summed E-state index contributed by atoms with van der Waals surface area (Å²) in [6.45, 7) is 2.44. The number of aromatic nitrogens is 1. The molecule has 1 atom stereocenters. The first kappa shape index (κ1) is 20.3. The third kappa shape index (κ3) is 3.87. The van der Waals surface area contributed by atoms with Crippen LogP contribution in [0.5, 0.6) is 17.2 Å². The number of hydrogen-bond donors (Lipinski definition) is 0. The van der Waals surface area contributed by atoms with Crippen LogP contribution in [0.2, 0.25) is 0 Å². The topological polar surface area (TPSA) is 35.9 Å². The van der Waals surface area contributed by atoms with E-state index in [0.717, 1.165) is 36.4 Å². The molecule has 3 aromatic rings. The zero-order valence-electron chi connectivity index (χ0n) is 17.6. The number of hydrogen-bond acceptors (Lipinski definition) is 4. The van der Waals surface area contributed by atoms with Crippen molar-refractivity contribution in [3.63, 3.8) is 0 Å². The van der Waals surface area contributed by atoms with Crippen molar-refractivity contribution in [2.45, 2.75) is 25.6 Å². The molecule has 5 nitrogen and oxygen atoms in total. The van der Waals surface area contributed by atoms with E-state index in [0.29, 0.717) is 18.0 Å². The monoisotopic (exact) mass is 410 g/mol. The minimum absolute atomic E-state index is 0.0690. The Labute approximate surface area is 176 Å². The second-order valence-corrected chi connectivity index (χ2v) is 7.43. The summed E-state index contributed by atoms with van der Waals surface area (Å²) >= 11 is 0. The smallest absolute Gasteiger partial charge is 0.164 e. The highest BCUT2D eigenvalue weighted by molar-refractivity contribution is 5.53. The van der Waals surface area contributed by atoms with Gasteiger partial charge in [-0.05, 0) is 42.3 Å². The largest absolute Gasteiger partial charge is 0.496 e. The Morgan fingerprint density at radius 2 is 1.67 bits per heavy atom. The Morgan fingerprint density at radius 3 is 2.40 bits per heavy atom. The molecular formula is C24H27FN2O3. The summed E-state index contributed by atoms with van der Waals surface area (Å²) < 4.78 is 32.9. The minimum atomic E-state index is -0.217. The van der Waals surface area contributed by atoms with Gasteiger partial charge in [-0.2, -0.15) is 0 Å². The number of benzene rings is 2. The molecule has 0 aliphatic carbocycles. The lowest BCUT2D eigenvalue weighted by molar-refractivity contribution is 0.215. The van der Waals surface area contributed by atoms with Crippen LogP contribution in [0.4, 0.5) is 4.39 Å². The average Bonchev–Trinajstić information content (AvgIpc) is 3.14. The summed E-state index contributed by atoms with van der Waals surface area (Å²) in [5.41, 5.74) is 3.11. The number of rotatable bonds is 6. The van der Waals surface area contributed by atoms with Crippen LogP contribution in [0.3, 0.4) is 0 Å². The fourth-order valence-electron chi connectivity index (χ4n) is 4.30. The van der Waals surface area contributed by atoms with Crippen molar-refractivity contribution in [2.75, 3.05) is 27.9 Å². The Kier molecular flexibility index (Phi) is 5.95. The molecule has 1 unspecified atom stereocenters. The van der Waals surface area contributed by atoms with Gasteiger partial charge in [0.1, 0.15) is 11.6 Å². The van der Waals surface area contributed by atoms with Gasteiger partial charge in [-0.15, -0.1) is 0 Å². The SMILES string of the molecule is COc1cc(OC)c(C2c3cccn3CCCN2Cc2cccc(F)c2)cc1OC. The Bertz CT molecular complexity index is 1020. The summed E-state index contributed by atoms with van der Waals surface area (Å²) in [6, 6.07) is 14.8. The van der Waals surface area contributed by atoms with Crippen LogP contribution in [0.1, 0.15) is 29.3 Å². The van der Waals surface area contributed by atoms with Gasteiger partial charge < -0.3 is 18.8 Å². The highest BCUT2D eigenvalue weighted by Gasteiger charge is 2.31. The standard InChI is InChI=1S/C24H27FN2O3/c1-28-21-15-23(30-3)22(29-2)14-19(21)24-20-9-5-10-26(20)11-6-12-27(24)16-17-7-4-8-18(25)13-17/h4-5,7-10,13-15,24H,6,11-12,16H2,1-3H3. The molecule has 0 N–H and O–H groups in total. The molecule has 0 spiro atoms. The molecule has 158 valence electrons. The summed E-state index contributed by atoms with van der Waals surface area (Å²) in [5.74, 6) is 1.79. The zero-order valence-corrected chi connectivity index (χ0v) is 17.6. The summed E-state index contributed by atoms with van der Waals surface area (Å²) in [6.07, 6.45) is 3.12. The van der Waals surface area contributed by atoms with Gasteiger partial charge >= 0.3 is 0 Å². The number of methoxy groups -OCH3 is 3. The van der Waals surface area contributed by atoms with Crippen LogP contribution < -0.4 is 14.2 Å². The molecule has 0 saturated carbocycles. The number of nitrogens with zero attached hydrogens (tertiary/aromatic N) is 2. The van der Waals surface area contributed by atoms with Crippen molar-refractivity contribution in [1.82, 2.24) is 9.47 Å². The quantitative estimate of drug-likeness (QED) is 0.593. The molecule has 2 aromatic carbocycles. The molecule has 30 heavy (non-hydrogen) atoms. The predicted octanol–water partition coefficient (Wildman–Crippen LogP) is 4.65. The Hall–Kier alpha value is -2.99. The van der Waals surface area contributed by atoms with Gasteiger partial charge in [-0.25, -0.2) is 4.39 Å². The molecular weight excluding hydrogens is 383 g/mol. The van der Waals surface area contributed by atoms with E-state index in [1.54, 1.807) is 33.5 Å². The molecule has 4 rings (SSSR count). The van der Waals surface area contributed by atoms with E-state index in [1.807, 2.05) is 18.2 Å². The Balaban J connectivity index is 1.84. The van der Waals surface area contributed by atoms with Gasteiger partial charge in [0, 0.05) is 43.2 Å². The van der Waals surface area contributed by atoms with Crippen LogP contribution in [0, 0.1) is 5.82 Å². The maximum Gasteiger partial charge on any atom is 0.164 e. The average molecular weight is 410 g/mol. The third-order valence-electron chi connectivity index (χ3n) is 5.66. The van der Waals surface area contributed by atoms with E-state index < -0.39 is 0 Å². The first-order valence-electron chi connectivity index (χ1n) is 10.1. The van der Waals surface area contributed by atoms with E-state index in [-0.39, 0.29) is 11.9 Å². The van der Waals surface area contributed by atoms with Crippen molar-refractivity contribution in [1.29, 1.82) is 0 Å². The first-order chi connectivity index (χ1) is 14.6. The number of ether oxygens (including phenoxy) is 3. The van der Waals surface area contributed by atoms with Gasteiger partial charge in [0.15, 0.2) is 11.5 Å². The van der Waals surface area contributed by atoms with Crippen molar-refractivity contribution in [3.8, 4) is 17.2 Å². The van der Waals surface area contributed by atoms with Gasteiger partial charge in [-0.3, -0.25) is 4.90 Å². The summed E-state index contributed by atoms with van der Waals surface area (Å²) in [7, 11) is 4.91. The second kappa shape index (κ2) is 8.79. The Morgan fingerprint density at radius 1 is 0.900 bits per heavy atom. The van der Waals surface area contributed by atoms with Crippen molar-refractivity contribution >= 4 is 0 Å². The van der Waals surface area contributed by atoms with E-state index >= 15 is 0 Å². The van der Waals surface area contributed by atoms with Crippen LogP contribution in [-0.2, 0) is 13.1 Å². The molecule has 0 fully saturated rings. The van der Waals surface area contributed by atoms with Crippen molar-refractivity contribution in [3.05, 3.63) is 77.4 Å². The highest BCUT2D eigenvalue weighted by Crippen LogP contribution is 2.43. The minimum Gasteiger partial charge on any atom is -0.496 e. The number of halogens is 1. The fraction of sp³-hybridized carbons (Fsp3) is 0.333. The van der Waals surface area contributed by atoms with E-state index in [4.69, 9.17) is 14.2 Å². The van der Waals surface area contributed by atoms with Gasteiger partial charge in [0.05, 0.1) is 27.4 Å². The van der Waals surface area contributed by atoms with Crippen LogP contribution in [0.25, 0.3) is 0 Å². The second-order valence-electron chi connectivity index (χ2n) is 7.43. The van der Waals surface area contributed by atoms with Gasteiger partial charge in [-0.1, -0.05) is 12.1 Å². The molecule has 2 heterocycles. The van der Waals surface area contributed by atoms with Crippen molar-refractivity contribution < 1.29 is 18.6 Å². The lowest BCUT2D eigenvalue weighted by atomic mass is 9.99. The van der Waals surface area contributed by atoms with E-state index in [9.17, 15) is 4.39 Å². The molecule has 0 amide bonds. The zero-order chi connectivity index (χ0) is 21.1. The normalized spacial score (nSPS) is 16.6. The molecule has 0 bridgehead atoms. The predicted molar refractivity (Wildman–Crippen MR) is 114 cm³/mol. The van der Waals surface area contributed by atoms with Crippen molar-refractivity contribution in [2.24, 2.45) is 0 Å². The molecule has 6 heteroatoms. The van der Waals surface area contributed by atoms with Gasteiger partial charge in [0.2, 0.25) is 0 Å². The third-order valence-corrected chi connectivity index (χ3v) is 5.66. The molecule has 1 aliphatic rings. The lowest BCUT2D eigenvalue weighted by Gasteiger charge is -2.32. The lowest BCUT2D eigenvalue weighted by Crippen LogP contribution is -2.30. The summed E-state index contributed by atoms with van der Waals surface area (Å²) in [4.78, 5) is 2.37. The van der Waals surface area contributed by atoms with E-state index in [2.05, 4.69) is 27.8 Å². The summed E-state index contributed by atoms with van der Waals surface area (Å²) in [5, 5.41) is 0. The van der Waals surface area contributed by atoms with Crippen LogP contribution >= 0.6 is 0 Å². The van der Waals surface area contributed by atoms with Gasteiger partial charge in [0.25, 0.3) is 0 Å². The van der Waals surface area contributed by atoms with Crippen LogP contribution in [0.15, 0.2) is 54.7 Å². The molecule has 0 saturated heterocycles. The number of fused-ring (bicyclic) bond motifs is 1. The molecule has 1 aromatic heterocycles. The first-order valence-corrected chi connectivity index (χ1v) is 10.1. The van der Waals surface area contributed by atoms with E-state index in [1.165, 1.54) is 11.8 Å².